The van der Waals surface area contributed by atoms with Crippen molar-refractivity contribution in [2.45, 2.75) is 13.8 Å². The summed E-state index contributed by atoms with van der Waals surface area (Å²) in [5.74, 6) is -3.29. The molecule has 8 nitrogen and oxygen atoms in total. The molecular formula is C10H18MgO8S2. The van der Waals surface area contributed by atoms with Crippen molar-refractivity contribution in [2.75, 3.05) is 23.0 Å². The summed E-state index contributed by atoms with van der Waals surface area (Å²) in [4.78, 5) is 39.9. The van der Waals surface area contributed by atoms with Crippen LogP contribution in [-0.4, -0.2) is 80.5 Å². The number of carbonyl (C=O) groups is 4. The number of carboxylic acids is 2. The van der Waals surface area contributed by atoms with Crippen molar-refractivity contribution in [1.82, 2.24) is 0 Å². The molecule has 0 amide bonds. The average Bonchev–Trinajstić information content (AvgIpc) is 2.33. The quantitative estimate of drug-likeness (QED) is 0.313. The van der Waals surface area contributed by atoms with Gasteiger partial charge >= 0.3 is 23.1 Å². The van der Waals surface area contributed by atoms with Crippen LogP contribution in [0.4, 0.5) is 0 Å². The molecule has 0 rings (SSSR count). The first-order valence-electron chi connectivity index (χ1n) is 5.00. The number of thioether (sulfide) groups is 2. The van der Waals surface area contributed by atoms with Crippen molar-refractivity contribution in [3.63, 3.8) is 0 Å². The summed E-state index contributed by atoms with van der Waals surface area (Å²) >= 11 is 2.55. The van der Waals surface area contributed by atoms with Gasteiger partial charge in [0.25, 0.3) is 0 Å². The summed E-state index contributed by atoms with van der Waals surface area (Å²) in [7, 11) is 0. The minimum Gasteiger partial charge on any atom is -0.542 e. The second-order valence-electron chi connectivity index (χ2n) is 2.70. The summed E-state index contributed by atoms with van der Waals surface area (Å²) in [6, 6.07) is 0. The molecule has 0 aliphatic carbocycles. The molecule has 0 saturated carbocycles. The van der Waals surface area contributed by atoms with E-state index in [0.717, 1.165) is 11.5 Å². The molecule has 0 heterocycles. The van der Waals surface area contributed by atoms with Gasteiger partial charge in [-0.1, -0.05) is 13.8 Å². The third kappa shape index (κ3) is 25.0. The Morgan fingerprint density at radius 3 is 1.14 bits per heavy atom. The van der Waals surface area contributed by atoms with Crippen LogP contribution >= 0.6 is 23.5 Å². The predicted molar refractivity (Wildman–Crippen MR) is 79.0 cm³/mol. The molecule has 0 unspecified atom stereocenters. The standard InChI is InChI=1S/2C5H8O3S.Mg.2H2O/c2*1-2-9-3-4(6)5(7)8;;;/h2*2-3H2,1H3,(H,7,8);;2*1H2/q;;+2;;/p-2. The first-order chi connectivity index (χ1) is 8.36. The van der Waals surface area contributed by atoms with Crippen molar-refractivity contribution in [1.29, 1.82) is 0 Å². The third-order valence-electron chi connectivity index (χ3n) is 1.33. The van der Waals surface area contributed by atoms with Gasteiger partial charge in [0, 0.05) is 0 Å². The van der Waals surface area contributed by atoms with E-state index in [1.165, 1.54) is 23.5 Å². The average molecular weight is 355 g/mol. The van der Waals surface area contributed by atoms with Gasteiger partial charge in [0.1, 0.15) is 11.9 Å². The molecule has 0 bridgehead atoms. The number of aliphatic carboxylic acids is 2. The number of hydrogen-bond donors (Lipinski definition) is 0. The normalized spacial score (nSPS) is 7.71. The Kier molecular flexibility index (Phi) is 34.0. The van der Waals surface area contributed by atoms with Crippen LogP contribution in [0.2, 0.25) is 0 Å². The smallest absolute Gasteiger partial charge is 0.542 e. The molecule has 0 fully saturated rings. The van der Waals surface area contributed by atoms with Gasteiger partial charge in [0.2, 0.25) is 0 Å². The predicted octanol–water partition coefficient (Wildman–Crippen LogP) is -3.91. The van der Waals surface area contributed by atoms with Crippen molar-refractivity contribution in [2.24, 2.45) is 0 Å². The third-order valence-corrected chi connectivity index (χ3v) is 3.08. The zero-order valence-electron chi connectivity index (χ0n) is 11.8. The number of hydrogen-bond acceptors (Lipinski definition) is 8. The molecule has 0 aliphatic rings. The fourth-order valence-electron chi connectivity index (χ4n) is 0.507. The Morgan fingerprint density at radius 1 is 0.762 bits per heavy atom. The SMILES string of the molecule is CCSCC(=O)C(=O)[O-].CCSCC(=O)C(=O)[O-].O.O.[Mg+2]. The van der Waals surface area contributed by atoms with Crippen LogP contribution in [-0.2, 0) is 19.2 Å². The van der Waals surface area contributed by atoms with Gasteiger partial charge in [-0.05, 0) is 11.5 Å². The van der Waals surface area contributed by atoms with Crippen LogP contribution in [0.15, 0.2) is 0 Å². The van der Waals surface area contributed by atoms with Crippen molar-refractivity contribution < 1.29 is 40.3 Å². The van der Waals surface area contributed by atoms with Crippen molar-refractivity contribution in [3.8, 4) is 0 Å². The van der Waals surface area contributed by atoms with Gasteiger partial charge in [-0.3, -0.25) is 9.59 Å². The van der Waals surface area contributed by atoms with Gasteiger partial charge in [-0.25, -0.2) is 0 Å². The molecule has 0 aromatic carbocycles. The van der Waals surface area contributed by atoms with Crippen LogP contribution in [0.25, 0.3) is 0 Å². The van der Waals surface area contributed by atoms with Crippen LogP contribution in [0, 0.1) is 0 Å². The van der Waals surface area contributed by atoms with E-state index in [0.29, 0.717) is 0 Å². The maximum atomic E-state index is 10.2. The van der Waals surface area contributed by atoms with E-state index in [2.05, 4.69) is 0 Å². The molecule has 0 radical (unpaired) electrons. The summed E-state index contributed by atoms with van der Waals surface area (Å²) in [5.41, 5.74) is 0. The minimum atomic E-state index is -1.59. The summed E-state index contributed by atoms with van der Waals surface area (Å²) in [5, 5.41) is 19.5. The monoisotopic (exact) mass is 354 g/mol. The van der Waals surface area contributed by atoms with Gasteiger partial charge in [-0.15, -0.1) is 0 Å². The van der Waals surface area contributed by atoms with Crippen LogP contribution in [0.5, 0.6) is 0 Å². The second kappa shape index (κ2) is 22.0. The van der Waals surface area contributed by atoms with Gasteiger partial charge in [-0.2, -0.15) is 23.5 Å². The van der Waals surface area contributed by atoms with E-state index in [9.17, 15) is 29.4 Å². The van der Waals surface area contributed by atoms with Crippen LogP contribution < -0.4 is 10.2 Å². The number of Topliss-reactive ketones (excluding diaryl/α,β-unsaturated/α-hetero) is 2. The largest absolute Gasteiger partial charge is 2.00 e. The Bertz CT molecular complexity index is 281. The molecule has 4 N–H and O–H groups in total. The zero-order valence-corrected chi connectivity index (χ0v) is 14.8. The van der Waals surface area contributed by atoms with E-state index >= 15 is 0 Å². The number of carbonyl (C=O) groups excluding carboxylic acids is 4. The number of ketones is 2. The summed E-state index contributed by atoms with van der Waals surface area (Å²) < 4.78 is 0. The molecule has 120 valence electrons. The van der Waals surface area contributed by atoms with E-state index < -0.39 is 23.5 Å². The van der Waals surface area contributed by atoms with Gasteiger partial charge < -0.3 is 30.8 Å². The Balaban J connectivity index is -0.0000000711. The van der Waals surface area contributed by atoms with E-state index in [1.54, 1.807) is 0 Å². The van der Waals surface area contributed by atoms with E-state index in [4.69, 9.17) is 0 Å². The molecule has 0 saturated heterocycles. The minimum absolute atomic E-state index is 0. The second-order valence-corrected chi connectivity index (χ2v) is 5.24. The van der Waals surface area contributed by atoms with E-state index in [-0.39, 0.29) is 45.5 Å². The van der Waals surface area contributed by atoms with Crippen LogP contribution in [0.3, 0.4) is 0 Å². The first-order valence-corrected chi connectivity index (χ1v) is 7.31. The van der Waals surface area contributed by atoms with Crippen molar-refractivity contribution >= 4 is 70.1 Å². The van der Waals surface area contributed by atoms with Gasteiger partial charge in [0.15, 0.2) is 11.6 Å². The number of carboxylic acid groups (broad SMARTS) is 2. The maximum absolute atomic E-state index is 10.2. The molecule has 0 spiro atoms. The molecule has 11 heteroatoms. The molecule has 0 atom stereocenters. The van der Waals surface area contributed by atoms with Gasteiger partial charge in [0.05, 0.1) is 11.5 Å². The fraction of sp³-hybridized carbons (Fsp3) is 0.600. The Morgan fingerprint density at radius 2 is 1.00 bits per heavy atom. The topological polar surface area (TPSA) is 177 Å². The van der Waals surface area contributed by atoms with E-state index in [1.807, 2.05) is 13.8 Å². The molecule has 0 aromatic heterocycles. The first kappa shape index (κ1) is 32.6. The zero-order chi connectivity index (χ0) is 14.6. The molecule has 21 heavy (non-hydrogen) atoms. The molecular weight excluding hydrogens is 337 g/mol. The number of rotatable bonds is 8. The Hall–Kier alpha value is -0.334. The molecule has 0 aromatic rings. The Labute approximate surface area is 147 Å². The maximum Gasteiger partial charge on any atom is 2.00 e. The van der Waals surface area contributed by atoms with Crippen LogP contribution in [0.1, 0.15) is 13.8 Å². The van der Waals surface area contributed by atoms with Crippen molar-refractivity contribution in [3.05, 3.63) is 0 Å². The summed E-state index contributed by atoms with van der Waals surface area (Å²) in [6.07, 6.45) is 0. The fourth-order valence-corrected chi connectivity index (χ4v) is 1.52. The molecule has 0 aliphatic heterocycles. The summed E-state index contributed by atoms with van der Waals surface area (Å²) in [6.45, 7) is 3.71.